The summed E-state index contributed by atoms with van der Waals surface area (Å²) in [6.07, 6.45) is -6.27. The SMILES string of the molecule is O=C(O)C1(O)CC(O)CC([C@H](O)[C@H](O)CO)O1. The van der Waals surface area contributed by atoms with Crippen molar-refractivity contribution in [1.82, 2.24) is 0 Å². The topological polar surface area (TPSA) is 148 Å². The van der Waals surface area contributed by atoms with Gasteiger partial charge in [0.15, 0.2) is 0 Å². The second-order valence-electron chi connectivity index (χ2n) is 4.08. The molecule has 0 aromatic rings. The third-order valence-corrected chi connectivity index (χ3v) is 2.66. The van der Waals surface area contributed by atoms with Crippen LogP contribution in [-0.4, -0.2) is 73.4 Å². The molecule has 1 rings (SSSR count). The molecule has 0 amide bonds. The number of aliphatic carboxylic acids is 1. The lowest BCUT2D eigenvalue weighted by atomic mass is 9.93. The Morgan fingerprint density at radius 3 is 2.53 bits per heavy atom. The van der Waals surface area contributed by atoms with Crippen molar-refractivity contribution >= 4 is 5.97 Å². The highest BCUT2D eigenvalue weighted by atomic mass is 16.7. The van der Waals surface area contributed by atoms with E-state index in [9.17, 15) is 25.2 Å². The minimum Gasteiger partial charge on any atom is -0.477 e. The summed E-state index contributed by atoms with van der Waals surface area (Å²) in [4.78, 5) is 10.7. The average Bonchev–Trinajstić information content (AvgIpc) is 2.25. The summed E-state index contributed by atoms with van der Waals surface area (Å²) < 4.78 is 4.77. The van der Waals surface area contributed by atoms with E-state index in [0.717, 1.165) is 0 Å². The van der Waals surface area contributed by atoms with Crippen LogP contribution >= 0.6 is 0 Å². The van der Waals surface area contributed by atoms with Crippen molar-refractivity contribution in [2.24, 2.45) is 0 Å². The van der Waals surface area contributed by atoms with Crippen molar-refractivity contribution in [3.63, 3.8) is 0 Å². The Labute approximate surface area is 96.7 Å². The quantitative estimate of drug-likeness (QED) is 0.310. The fraction of sp³-hybridized carbons (Fsp3) is 0.889. The van der Waals surface area contributed by atoms with Gasteiger partial charge in [-0.15, -0.1) is 0 Å². The van der Waals surface area contributed by atoms with Gasteiger partial charge in [0, 0.05) is 12.8 Å². The molecule has 1 saturated heterocycles. The molecule has 0 bridgehead atoms. The Morgan fingerprint density at radius 2 is 2.06 bits per heavy atom. The number of aliphatic hydroxyl groups is 5. The first kappa shape index (κ1) is 14.3. The summed E-state index contributed by atoms with van der Waals surface area (Å²) in [6, 6.07) is 0. The van der Waals surface area contributed by atoms with E-state index in [1.807, 2.05) is 0 Å². The van der Waals surface area contributed by atoms with Crippen molar-refractivity contribution in [2.75, 3.05) is 6.61 Å². The number of hydrogen-bond donors (Lipinski definition) is 6. The summed E-state index contributed by atoms with van der Waals surface area (Å²) in [5, 5.41) is 55.0. The van der Waals surface area contributed by atoms with Crippen LogP contribution in [0.5, 0.6) is 0 Å². The van der Waals surface area contributed by atoms with E-state index in [2.05, 4.69) is 0 Å². The van der Waals surface area contributed by atoms with Crippen LogP contribution in [0.2, 0.25) is 0 Å². The first-order valence-corrected chi connectivity index (χ1v) is 5.09. The van der Waals surface area contributed by atoms with Crippen LogP contribution in [0, 0.1) is 0 Å². The molecule has 8 nitrogen and oxygen atoms in total. The van der Waals surface area contributed by atoms with Crippen molar-refractivity contribution in [2.45, 2.75) is 43.0 Å². The zero-order valence-corrected chi connectivity index (χ0v) is 8.93. The molecule has 3 unspecified atom stereocenters. The highest BCUT2D eigenvalue weighted by Gasteiger charge is 2.48. The van der Waals surface area contributed by atoms with E-state index >= 15 is 0 Å². The second kappa shape index (κ2) is 5.25. The lowest BCUT2D eigenvalue weighted by molar-refractivity contribution is -0.288. The van der Waals surface area contributed by atoms with Gasteiger partial charge in [0.05, 0.1) is 18.8 Å². The van der Waals surface area contributed by atoms with Gasteiger partial charge in [-0.2, -0.15) is 0 Å². The summed E-state index contributed by atoms with van der Waals surface area (Å²) in [5.41, 5.74) is 0. The molecule has 0 aromatic heterocycles. The summed E-state index contributed by atoms with van der Waals surface area (Å²) >= 11 is 0. The van der Waals surface area contributed by atoms with Crippen LogP contribution in [0.3, 0.4) is 0 Å². The van der Waals surface area contributed by atoms with Crippen LogP contribution in [0.25, 0.3) is 0 Å². The maximum atomic E-state index is 10.7. The van der Waals surface area contributed by atoms with E-state index in [1.54, 1.807) is 0 Å². The lowest BCUT2D eigenvalue weighted by Gasteiger charge is -2.39. The number of ether oxygens (including phenoxy) is 1. The molecular formula is C9H16O8. The van der Waals surface area contributed by atoms with Crippen molar-refractivity contribution in [1.29, 1.82) is 0 Å². The predicted molar refractivity (Wildman–Crippen MR) is 51.8 cm³/mol. The Morgan fingerprint density at radius 1 is 1.47 bits per heavy atom. The van der Waals surface area contributed by atoms with Gasteiger partial charge in [-0.3, -0.25) is 0 Å². The van der Waals surface area contributed by atoms with Crippen molar-refractivity contribution in [3.05, 3.63) is 0 Å². The van der Waals surface area contributed by atoms with Crippen LogP contribution in [-0.2, 0) is 9.53 Å². The molecule has 17 heavy (non-hydrogen) atoms. The minimum absolute atomic E-state index is 0.145. The number of aliphatic hydroxyl groups excluding tert-OH is 4. The van der Waals surface area contributed by atoms with Gasteiger partial charge in [0.2, 0.25) is 0 Å². The Balaban J connectivity index is 2.78. The van der Waals surface area contributed by atoms with Crippen molar-refractivity contribution in [3.8, 4) is 0 Å². The molecule has 1 aliphatic rings. The van der Waals surface area contributed by atoms with Gasteiger partial charge in [-0.25, -0.2) is 4.79 Å². The van der Waals surface area contributed by atoms with Gasteiger partial charge in [-0.05, 0) is 0 Å². The summed E-state index contributed by atoms with van der Waals surface area (Å²) in [6.45, 7) is -0.747. The standard InChI is InChI=1S/C9H16O8/c10-3-5(12)7(13)6-1-4(11)2-9(16,17-6)8(14)15/h4-7,10-13,16H,1-3H2,(H,14,15)/t4?,5-,6?,7-,9?/m1/s1. The average molecular weight is 252 g/mol. The Bertz CT molecular complexity index is 282. The minimum atomic E-state index is -2.60. The van der Waals surface area contributed by atoms with Gasteiger partial charge in [0.1, 0.15) is 12.2 Å². The second-order valence-corrected chi connectivity index (χ2v) is 4.08. The zero-order valence-electron chi connectivity index (χ0n) is 8.93. The molecule has 5 atom stereocenters. The molecule has 1 fully saturated rings. The normalized spacial score (nSPS) is 37.5. The Kier molecular flexibility index (Phi) is 4.42. The van der Waals surface area contributed by atoms with E-state index in [0.29, 0.717) is 0 Å². The highest BCUT2D eigenvalue weighted by molar-refractivity contribution is 5.75. The lowest BCUT2D eigenvalue weighted by Crippen LogP contribution is -2.56. The first-order chi connectivity index (χ1) is 7.80. The number of rotatable bonds is 4. The largest absolute Gasteiger partial charge is 0.477 e. The molecule has 100 valence electrons. The van der Waals surface area contributed by atoms with E-state index < -0.39 is 49.2 Å². The fourth-order valence-electron chi connectivity index (χ4n) is 1.72. The third-order valence-electron chi connectivity index (χ3n) is 2.66. The monoisotopic (exact) mass is 252 g/mol. The maximum Gasteiger partial charge on any atom is 0.364 e. The molecule has 0 spiro atoms. The van der Waals surface area contributed by atoms with Gasteiger partial charge < -0.3 is 35.4 Å². The Hall–Kier alpha value is -0.770. The van der Waals surface area contributed by atoms with Gasteiger partial charge in [-0.1, -0.05) is 0 Å². The van der Waals surface area contributed by atoms with E-state index in [4.69, 9.17) is 14.9 Å². The maximum absolute atomic E-state index is 10.7. The van der Waals surface area contributed by atoms with Crippen LogP contribution < -0.4 is 0 Å². The molecule has 0 radical (unpaired) electrons. The molecule has 1 heterocycles. The number of carboxylic acids is 1. The number of carboxylic acid groups (broad SMARTS) is 1. The van der Waals surface area contributed by atoms with E-state index in [1.165, 1.54) is 0 Å². The number of hydrogen-bond acceptors (Lipinski definition) is 7. The molecule has 0 saturated carbocycles. The smallest absolute Gasteiger partial charge is 0.364 e. The van der Waals surface area contributed by atoms with Crippen molar-refractivity contribution < 1.29 is 40.2 Å². The van der Waals surface area contributed by atoms with Gasteiger partial charge in [0.25, 0.3) is 5.79 Å². The summed E-state index contributed by atoms with van der Waals surface area (Å²) in [7, 11) is 0. The third kappa shape index (κ3) is 3.12. The molecule has 0 aromatic carbocycles. The van der Waals surface area contributed by atoms with Crippen LogP contribution in [0.15, 0.2) is 0 Å². The van der Waals surface area contributed by atoms with Crippen LogP contribution in [0.4, 0.5) is 0 Å². The number of carbonyl (C=O) groups is 1. The van der Waals surface area contributed by atoms with E-state index in [-0.39, 0.29) is 6.42 Å². The fourth-order valence-corrected chi connectivity index (χ4v) is 1.72. The molecule has 8 heteroatoms. The zero-order chi connectivity index (χ0) is 13.2. The molecular weight excluding hydrogens is 236 g/mol. The van der Waals surface area contributed by atoms with Gasteiger partial charge >= 0.3 is 5.97 Å². The van der Waals surface area contributed by atoms with Crippen LogP contribution in [0.1, 0.15) is 12.8 Å². The predicted octanol–water partition coefficient (Wildman–Crippen LogP) is -2.99. The molecule has 0 aliphatic carbocycles. The first-order valence-electron chi connectivity index (χ1n) is 5.09. The highest BCUT2D eigenvalue weighted by Crippen LogP contribution is 2.29. The summed E-state index contributed by atoms with van der Waals surface area (Å²) in [5.74, 6) is -4.29. The molecule has 6 N–H and O–H groups in total. The molecule has 1 aliphatic heterocycles.